The van der Waals surface area contributed by atoms with Crippen molar-refractivity contribution in [1.82, 2.24) is 9.88 Å². The van der Waals surface area contributed by atoms with Gasteiger partial charge in [0.25, 0.3) is 0 Å². The molecule has 6 nitrogen and oxygen atoms in total. The monoisotopic (exact) mass is 361 g/mol. The van der Waals surface area contributed by atoms with E-state index in [4.69, 9.17) is 4.74 Å². The summed E-state index contributed by atoms with van der Waals surface area (Å²) < 4.78 is 5.51. The lowest BCUT2D eigenvalue weighted by atomic mass is 10.2. The zero-order valence-electron chi connectivity index (χ0n) is 14.5. The Bertz CT molecular complexity index is 661. The predicted octanol–water partition coefficient (Wildman–Crippen LogP) is 2.93. The van der Waals surface area contributed by atoms with Crippen molar-refractivity contribution >= 4 is 28.3 Å². The van der Waals surface area contributed by atoms with Crippen molar-refractivity contribution in [1.29, 1.82) is 0 Å². The summed E-state index contributed by atoms with van der Waals surface area (Å²) in [5, 5.41) is 5.01. The molecule has 0 aliphatic heterocycles. The van der Waals surface area contributed by atoms with Crippen LogP contribution >= 0.6 is 11.3 Å². The van der Waals surface area contributed by atoms with Crippen molar-refractivity contribution in [2.75, 3.05) is 18.5 Å². The molecule has 0 spiro atoms. The number of thiazole rings is 1. The Balaban J connectivity index is 1.87. The minimum Gasteiger partial charge on any atom is -0.367 e. The summed E-state index contributed by atoms with van der Waals surface area (Å²) >= 11 is 1.34. The molecular formula is C18H23N3O3S. The number of rotatable bonds is 9. The van der Waals surface area contributed by atoms with Crippen LogP contribution in [0.3, 0.4) is 0 Å². The van der Waals surface area contributed by atoms with Crippen LogP contribution in [0.5, 0.6) is 0 Å². The Kier molecular flexibility index (Phi) is 7.56. The molecule has 1 heterocycles. The van der Waals surface area contributed by atoms with Gasteiger partial charge in [-0.15, -0.1) is 11.3 Å². The molecule has 1 unspecified atom stereocenters. The van der Waals surface area contributed by atoms with E-state index in [2.05, 4.69) is 10.3 Å². The fourth-order valence-electron chi connectivity index (χ4n) is 2.22. The Morgan fingerprint density at radius 3 is 2.72 bits per heavy atom. The second kappa shape index (κ2) is 9.90. The molecule has 25 heavy (non-hydrogen) atoms. The van der Waals surface area contributed by atoms with Crippen LogP contribution in [0.25, 0.3) is 0 Å². The van der Waals surface area contributed by atoms with Crippen molar-refractivity contribution in [3.8, 4) is 0 Å². The van der Waals surface area contributed by atoms with Gasteiger partial charge in [0.15, 0.2) is 5.13 Å². The third-order valence-corrected chi connectivity index (χ3v) is 4.46. The number of benzene rings is 1. The van der Waals surface area contributed by atoms with Crippen LogP contribution in [-0.2, 0) is 20.9 Å². The van der Waals surface area contributed by atoms with Crippen LogP contribution in [0.1, 0.15) is 25.8 Å². The summed E-state index contributed by atoms with van der Waals surface area (Å²) in [5.41, 5.74) is 1.01. The van der Waals surface area contributed by atoms with Gasteiger partial charge in [-0.05, 0) is 18.9 Å². The summed E-state index contributed by atoms with van der Waals surface area (Å²) in [6.07, 6.45) is 2.38. The standard InChI is InChI=1S/C18H23N3O3S/c1-3-14(2)21(11-16(22)20-18-19-9-10-25-18)17(23)13-24-12-15-7-5-4-6-8-15/h4-10,14H,3,11-13H2,1-2H3,(H,19,20,22). The SMILES string of the molecule is CCC(C)N(CC(=O)Nc1nccs1)C(=O)COCc1ccccc1. The van der Waals surface area contributed by atoms with Crippen LogP contribution in [0.2, 0.25) is 0 Å². The van der Waals surface area contributed by atoms with Crippen molar-refractivity contribution < 1.29 is 14.3 Å². The first kappa shape index (κ1) is 19.1. The minimum atomic E-state index is -0.258. The Morgan fingerprint density at radius 2 is 2.08 bits per heavy atom. The molecule has 0 aliphatic rings. The van der Waals surface area contributed by atoms with Gasteiger partial charge in [0, 0.05) is 17.6 Å². The fourth-order valence-corrected chi connectivity index (χ4v) is 2.77. The highest BCUT2D eigenvalue weighted by atomic mass is 32.1. The highest BCUT2D eigenvalue weighted by Gasteiger charge is 2.22. The first-order valence-electron chi connectivity index (χ1n) is 8.20. The third-order valence-electron chi connectivity index (χ3n) is 3.77. The lowest BCUT2D eigenvalue weighted by Crippen LogP contribution is -2.45. The summed E-state index contributed by atoms with van der Waals surface area (Å²) in [4.78, 5) is 30.2. The van der Waals surface area contributed by atoms with Crippen LogP contribution in [0.4, 0.5) is 5.13 Å². The molecule has 1 atom stereocenters. The maximum atomic E-state index is 12.5. The molecule has 7 heteroatoms. The summed E-state index contributed by atoms with van der Waals surface area (Å²) in [7, 11) is 0. The first-order valence-corrected chi connectivity index (χ1v) is 9.08. The Labute approximate surface area is 151 Å². The average Bonchev–Trinajstić information content (AvgIpc) is 3.12. The van der Waals surface area contributed by atoms with Crippen molar-refractivity contribution in [3.05, 3.63) is 47.5 Å². The van der Waals surface area contributed by atoms with Gasteiger partial charge in [0.2, 0.25) is 11.8 Å². The van der Waals surface area contributed by atoms with Gasteiger partial charge in [-0.1, -0.05) is 37.3 Å². The van der Waals surface area contributed by atoms with Crippen molar-refractivity contribution in [2.24, 2.45) is 0 Å². The number of nitrogens with zero attached hydrogens (tertiary/aromatic N) is 2. The normalized spacial score (nSPS) is 11.8. The van der Waals surface area contributed by atoms with Gasteiger partial charge >= 0.3 is 0 Å². The maximum absolute atomic E-state index is 12.5. The summed E-state index contributed by atoms with van der Waals surface area (Å²) in [5.74, 6) is -0.453. The number of nitrogens with one attached hydrogen (secondary N) is 1. The third kappa shape index (κ3) is 6.28. The molecule has 0 saturated carbocycles. The van der Waals surface area contributed by atoms with E-state index in [-0.39, 0.29) is 31.0 Å². The fraction of sp³-hybridized carbons (Fsp3) is 0.389. The van der Waals surface area contributed by atoms with E-state index in [1.807, 2.05) is 44.2 Å². The van der Waals surface area contributed by atoms with Crippen LogP contribution in [0.15, 0.2) is 41.9 Å². The quantitative estimate of drug-likeness (QED) is 0.745. The topological polar surface area (TPSA) is 71.5 Å². The van der Waals surface area contributed by atoms with Gasteiger partial charge < -0.3 is 15.0 Å². The molecular weight excluding hydrogens is 338 g/mol. The molecule has 1 aromatic heterocycles. The first-order chi connectivity index (χ1) is 12.1. The van der Waals surface area contributed by atoms with Gasteiger partial charge in [0.1, 0.15) is 13.2 Å². The lowest BCUT2D eigenvalue weighted by Gasteiger charge is -2.27. The number of anilines is 1. The van der Waals surface area contributed by atoms with E-state index in [1.165, 1.54) is 11.3 Å². The average molecular weight is 361 g/mol. The number of ether oxygens (including phenoxy) is 1. The molecule has 0 radical (unpaired) electrons. The molecule has 2 aromatic rings. The number of carbonyl (C=O) groups is 2. The molecule has 0 saturated heterocycles. The zero-order chi connectivity index (χ0) is 18.1. The zero-order valence-corrected chi connectivity index (χ0v) is 15.3. The molecule has 2 rings (SSSR count). The van der Waals surface area contributed by atoms with E-state index >= 15 is 0 Å². The summed E-state index contributed by atoms with van der Waals surface area (Å²) in [6.45, 7) is 4.21. The lowest BCUT2D eigenvalue weighted by molar-refractivity contribution is -0.141. The Hall–Kier alpha value is -2.25. The number of aromatic nitrogens is 1. The van der Waals surface area contributed by atoms with Gasteiger partial charge in [-0.3, -0.25) is 9.59 Å². The van der Waals surface area contributed by atoms with Crippen LogP contribution in [0, 0.1) is 0 Å². The predicted molar refractivity (Wildman–Crippen MR) is 98.3 cm³/mol. The number of amides is 2. The second-order valence-corrected chi connectivity index (χ2v) is 6.54. The largest absolute Gasteiger partial charge is 0.367 e. The van der Waals surface area contributed by atoms with E-state index < -0.39 is 0 Å². The molecule has 0 aliphatic carbocycles. The molecule has 134 valence electrons. The van der Waals surface area contributed by atoms with Gasteiger partial charge in [0.05, 0.1) is 6.61 Å². The molecule has 0 fully saturated rings. The smallest absolute Gasteiger partial charge is 0.249 e. The molecule has 0 bridgehead atoms. The van der Waals surface area contributed by atoms with Crippen molar-refractivity contribution in [3.63, 3.8) is 0 Å². The highest BCUT2D eigenvalue weighted by Crippen LogP contribution is 2.11. The second-order valence-electron chi connectivity index (χ2n) is 5.64. The molecule has 2 amide bonds. The molecule has 1 aromatic carbocycles. The highest BCUT2D eigenvalue weighted by molar-refractivity contribution is 7.13. The Morgan fingerprint density at radius 1 is 1.32 bits per heavy atom. The van der Waals surface area contributed by atoms with Crippen LogP contribution in [-0.4, -0.2) is 40.9 Å². The maximum Gasteiger partial charge on any atom is 0.249 e. The van der Waals surface area contributed by atoms with Crippen LogP contribution < -0.4 is 5.32 Å². The number of hydrogen-bond acceptors (Lipinski definition) is 5. The van der Waals surface area contributed by atoms with Gasteiger partial charge in [-0.2, -0.15) is 0 Å². The van der Waals surface area contributed by atoms with E-state index in [0.29, 0.717) is 11.7 Å². The number of hydrogen-bond donors (Lipinski definition) is 1. The summed E-state index contributed by atoms with van der Waals surface area (Å²) in [6, 6.07) is 9.62. The minimum absolute atomic E-state index is 0.0118. The van der Waals surface area contributed by atoms with E-state index in [1.54, 1.807) is 16.5 Å². The molecule has 1 N–H and O–H groups in total. The number of carbonyl (C=O) groups excluding carboxylic acids is 2. The van der Waals surface area contributed by atoms with E-state index in [0.717, 1.165) is 12.0 Å². The van der Waals surface area contributed by atoms with E-state index in [9.17, 15) is 9.59 Å². The van der Waals surface area contributed by atoms with Gasteiger partial charge in [-0.25, -0.2) is 4.98 Å². The van der Waals surface area contributed by atoms with Crippen molar-refractivity contribution in [2.45, 2.75) is 32.9 Å².